The molecule has 3 nitrogen and oxygen atoms in total. The molecule has 0 aromatic carbocycles. The van der Waals surface area contributed by atoms with E-state index in [4.69, 9.17) is 11.0 Å². The highest BCUT2D eigenvalue weighted by Gasteiger charge is 1.97. The summed E-state index contributed by atoms with van der Waals surface area (Å²) in [5, 5.41) is 11.7. The normalized spacial score (nSPS) is 9.67. The van der Waals surface area contributed by atoms with E-state index in [1.54, 1.807) is 0 Å². The maximum Gasteiger partial charge on any atom is 0.110 e. The second kappa shape index (κ2) is 4.88. The van der Waals surface area contributed by atoms with Crippen LogP contribution in [0.3, 0.4) is 0 Å². The topological polar surface area (TPSA) is 61.8 Å². The Morgan fingerprint density at radius 3 is 3.00 bits per heavy atom. The number of thiophene rings is 1. The van der Waals surface area contributed by atoms with Crippen molar-refractivity contribution in [3.05, 3.63) is 21.9 Å². The van der Waals surface area contributed by atoms with E-state index in [0.29, 0.717) is 6.54 Å². The molecule has 0 aliphatic rings. The number of rotatable bonds is 4. The van der Waals surface area contributed by atoms with Crippen LogP contribution in [0.4, 0.5) is 0 Å². The molecule has 0 atom stereocenters. The van der Waals surface area contributed by atoms with Gasteiger partial charge in [-0.2, -0.15) is 5.26 Å². The molecule has 0 bridgehead atoms. The number of nitriles is 1. The number of hydrogen-bond donors (Lipinski definition) is 2. The van der Waals surface area contributed by atoms with Gasteiger partial charge in [-0.15, -0.1) is 11.3 Å². The standard InChI is InChI=1S/C8H11N3S/c9-3-4-11-6-8-2-1-7(5-10)12-8/h1-2,11H,3-4,6,9H2. The zero-order chi connectivity index (χ0) is 8.81. The molecule has 0 saturated carbocycles. The van der Waals surface area contributed by atoms with E-state index in [1.807, 2.05) is 12.1 Å². The minimum absolute atomic E-state index is 0.649. The molecule has 3 N–H and O–H groups in total. The molecule has 0 saturated heterocycles. The summed E-state index contributed by atoms with van der Waals surface area (Å²) in [6.07, 6.45) is 0. The van der Waals surface area contributed by atoms with Crippen LogP contribution < -0.4 is 11.1 Å². The molecule has 1 aromatic rings. The minimum atomic E-state index is 0.649. The Morgan fingerprint density at radius 1 is 1.58 bits per heavy atom. The molecule has 0 amide bonds. The molecule has 0 unspecified atom stereocenters. The van der Waals surface area contributed by atoms with Crippen LogP contribution in [0.2, 0.25) is 0 Å². The van der Waals surface area contributed by atoms with Gasteiger partial charge in [0.1, 0.15) is 10.9 Å². The Bertz CT molecular complexity index is 274. The van der Waals surface area contributed by atoms with Gasteiger partial charge < -0.3 is 11.1 Å². The third-order valence-electron chi connectivity index (χ3n) is 1.39. The van der Waals surface area contributed by atoms with Crippen molar-refractivity contribution in [3.63, 3.8) is 0 Å². The molecular formula is C8H11N3S. The molecule has 0 aliphatic carbocycles. The predicted molar refractivity (Wildman–Crippen MR) is 49.8 cm³/mol. The summed E-state index contributed by atoms with van der Waals surface area (Å²) in [6, 6.07) is 5.91. The molecule has 64 valence electrons. The van der Waals surface area contributed by atoms with Crippen LogP contribution in [0.15, 0.2) is 12.1 Å². The molecule has 1 aromatic heterocycles. The largest absolute Gasteiger partial charge is 0.329 e. The molecular weight excluding hydrogens is 170 g/mol. The molecule has 0 radical (unpaired) electrons. The van der Waals surface area contributed by atoms with Crippen LogP contribution in [0.25, 0.3) is 0 Å². The van der Waals surface area contributed by atoms with Crippen LogP contribution in [0.1, 0.15) is 9.75 Å². The second-order valence-electron chi connectivity index (χ2n) is 2.34. The van der Waals surface area contributed by atoms with Crippen molar-refractivity contribution in [1.29, 1.82) is 5.26 Å². The highest BCUT2D eigenvalue weighted by Crippen LogP contribution is 2.14. The van der Waals surface area contributed by atoms with Gasteiger partial charge in [-0.3, -0.25) is 0 Å². The molecule has 0 aliphatic heterocycles. The smallest absolute Gasteiger partial charge is 0.110 e. The average molecular weight is 181 g/mol. The van der Waals surface area contributed by atoms with Gasteiger partial charge in [0.2, 0.25) is 0 Å². The van der Waals surface area contributed by atoms with E-state index in [-0.39, 0.29) is 0 Å². The van der Waals surface area contributed by atoms with E-state index >= 15 is 0 Å². The molecule has 0 fully saturated rings. The van der Waals surface area contributed by atoms with E-state index in [1.165, 1.54) is 16.2 Å². The van der Waals surface area contributed by atoms with Crippen molar-refractivity contribution >= 4 is 11.3 Å². The lowest BCUT2D eigenvalue weighted by atomic mass is 10.4. The van der Waals surface area contributed by atoms with E-state index in [2.05, 4.69) is 11.4 Å². The number of nitrogens with zero attached hydrogens (tertiary/aromatic N) is 1. The Balaban J connectivity index is 2.38. The van der Waals surface area contributed by atoms with Crippen LogP contribution in [0.5, 0.6) is 0 Å². The van der Waals surface area contributed by atoms with Crippen molar-refractivity contribution in [2.24, 2.45) is 5.73 Å². The van der Waals surface area contributed by atoms with Gasteiger partial charge in [0.25, 0.3) is 0 Å². The Hall–Kier alpha value is -0.890. The quantitative estimate of drug-likeness (QED) is 0.671. The molecule has 0 spiro atoms. The van der Waals surface area contributed by atoms with Gasteiger partial charge in [-0.1, -0.05) is 0 Å². The number of nitrogens with two attached hydrogens (primary N) is 1. The maximum absolute atomic E-state index is 8.54. The lowest BCUT2D eigenvalue weighted by molar-refractivity contribution is 0.702. The number of nitrogens with one attached hydrogen (secondary N) is 1. The zero-order valence-corrected chi connectivity index (χ0v) is 7.53. The third-order valence-corrected chi connectivity index (χ3v) is 2.38. The zero-order valence-electron chi connectivity index (χ0n) is 6.71. The van der Waals surface area contributed by atoms with Gasteiger partial charge in [0.15, 0.2) is 0 Å². The lowest BCUT2D eigenvalue weighted by Crippen LogP contribution is -2.21. The van der Waals surface area contributed by atoms with Crippen molar-refractivity contribution in [3.8, 4) is 6.07 Å². The second-order valence-corrected chi connectivity index (χ2v) is 3.51. The Kier molecular flexibility index (Phi) is 3.74. The summed E-state index contributed by atoms with van der Waals surface area (Å²) in [4.78, 5) is 1.94. The monoisotopic (exact) mass is 181 g/mol. The fourth-order valence-electron chi connectivity index (χ4n) is 0.847. The lowest BCUT2D eigenvalue weighted by Gasteiger charge is -1.97. The van der Waals surface area contributed by atoms with Crippen LogP contribution in [-0.2, 0) is 6.54 Å². The van der Waals surface area contributed by atoms with E-state index in [0.717, 1.165) is 18.0 Å². The Morgan fingerprint density at radius 2 is 2.42 bits per heavy atom. The summed E-state index contributed by atoms with van der Waals surface area (Å²) in [5.74, 6) is 0. The molecule has 12 heavy (non-hydrogen) atoms. The van der Waals surface area contributed by atoms with Crippen molar-refractivity contribution in [1.82, 2.24) is 5.32 Å². The summed E-state index contributed by atoms with van der Waals surface area (Å²) >= 11 is 1.52. The highest BCUT2D eigenvalue weighted by atomic mass is 32.1. The Labute approximate surface area is 75.8 Å². The SMILES string of the molecule is N#Cc1ccc(CNCCN)s1. The van der Waals surface area contributed by atoms with Gasteiger partial charge in [-0.05, 0) is 12.1 Å². The van der Waals surface area contributed by atoms with Crippen LogP contribution >= 0.6 is 11.3 Å². The van der Waals surface area contributed by atoms with Crippen molar-refractivity contribution < 1.29 is 0 Å². The van der Waals surface area contributed by atoms with Gasteiger partial charge >= 0.3 is 0 Å². The first-order valence-corrected chi connectivity index (χ1v) is 4.58. The van der Waals surface area contributed by atoms with Gasteiger partial charge in [0, 0.05) is 24.5 Å². The summed E-state index contributed by atoms with van der Waals surface area (Å²) < 4.78 is 0. The predicted octanol–water partition coefficient (Wildman–Crippen LogP) is 0.668. The van der Waals surface area contributed by atoms with Crippen LogP contribution in [0, 0.1) is 11.3 Å². The molecule has 1 heterocycles. The van der Waals surface area contributed by atoms with E-state index in [9.17, 15) is 0 Å². The van der Waals surface area contributed by atoms with Gasteiger partial charge in [0.05, 0.1) is 0 Å². The fourth-order valence-corrected chi connectivity index (χ4v) is 1.62. The fraction of sp³-hybridized carbons (Fsp3) is 0.375. The first kappa shape index (κ1) is 9.20. The average Bonchev–Trinajstić information content (AvgIpc) is 2.53. The summed E-state index contributed by atoms with van der Waals surface area (Å²) in [6.45, 7) is 2.28. The first-order valence-electron chi connectivity index (χ1n) is 3.76. The molecule has 1 rings (SSSR count). The van der Waals surface area contributed by atoms with E-state index < -0.39 is 0 Å². The summed E-state index contributed by atoms with van der Waals surface area (Å²) in [7, 11) is 0. The first-order chi connectivity index (χ1) is 5.86. The van der Waals surface area contributed by atoms with Crippen molar-refractivity contribution in [2.45, 2.75) is 6.54 Å². The summed E-state index contributed by atoms with van der Waals surface area (Å²) in [5.41, 5.74) is 5.31. The number of hydrogen-bond acceptors (Lipinski definition) is 4. The van der Waals surface area contributed by atoms with Crippen molar-refractivity contribution in [2.75, 3.05) is 13.1 Å². The highest BCUT2D eigenvalue weighted by molar-refractivity contribution is 7.12. The molecule has 4 heteroatoms. The minimum Gasteiger partial charge on any atom is -0.329 e. The van der Waals surface area contributed by atoms with Crippen LogP contribution in [-0.4, -0.2) is 13.1 Å². The van der Waals surface area contributed by atoms with Gasteiger partial charge in [-0.25, -0.2) is 0 Å². The third kappa shape index (κ3) is 2.62. The maximum atomic E-state index is 8.54.